The number of rotatable bonds is 9. The van der Waals surface area contributed by atoms with Crippen molar-refractivity contribution in [1.82, 2.24) is 35.1 Å². The highest BCUT2D eigenvalue weighted by molar-refractivity contribution is 5.83. The van der Waals surface area contributed by atoms with Crippen LogP contribution in [0, 0.1) is 11.8 Å². The Balaban J connectivity index is 0.00000207. The van der Waals surface area contributed by atoms with Crippen LogP contribution in [0.15, 0.2) is 6.33 Å². The van der Waals surface area contributed by atoms with Gasteiger partial charge in [0.2, 0.25) is 5.91 Å². The molecule has 2 aromatic heterocycles. The highest BCUT2D eigenvalue weighted by atomic mass is 16.6. The third-order valence-electron chi connectivity index (χ3n) is 8.01. The molecule has 5 heterocycles. The first-order valence-electron chi connectivity index (χ1n) is 15.2. The minimum atomic E-state index is -1.41. The van der Waals surface area contributed by atoms with Crippen molar-refractivity contribution in [3.63, 3.8) is 0 Å². The maximum absolute atomic E-state index is 12.4. The molecule has 0 radical (unpaired) electrons. The molecular weight excluding hydrogens is 560 g/mol. The Hall–Kier alpha value is -3.56. The molecule has 2 unspecified atom stereocenters. The van der Waals surface area contributed by atoms with Crippen molar-refractivity contribution in [3.05, 3.63) is 12.2 Å². The number of nitrogens with two attached hydrogens (primary N) is 1. The molecule has 0 spiro atoms. The van der Waals surface area contributed by atoms with Crippen LogP contribution in [0.4, 0.5) is 10.6 Å². The van der Waals surface area contributed by atoms with E-state index in [1.54, 1.807) is 11.8 Å². The van der Waals surface area contributed by atoms with Gasteiger partial charge < -0.3 is 41.0 Å². The molecular formula is C28H44N8O7. The molecule has 3 amide bonds. The molecule has 5 atom stereocenters. The molecule has 2 aromatic rings. The second-order valence-electron chi connectivity index (χ2n) is 10.9. The Morgan fingerprint density at radius 3 is 2.60 bits per heavy atom. The zero-order valence-electron chi connectivity index (χ0n) is 25.1. The number of fused-ring (bicyclic) bond motifs is 1. The monoisotopic (exact) mass is 604 g/mol. The number of carbonyl (C=O) groups is 3. The van der Waals surface area contributed by atoms with Gasteiger partial charge in [-0.25, -0.2) is 19.7 Å². The standard InChI is InChI=1S/C26H38N8O7.C2H6/c1-2-28-24(38)21-19(36)20(37)25(41-21)34-13-30-18-22(27)31-16(32-23(18)34)5-3-4-14-6-8-33(9-7-14)26(39)40-12-15-10-17(35)29-11-15;1-2/h13-15,19-21,25,36-37H,2-12H2,1H3,(H,28,38)(H,29,35)(H2,27,31,32);1-2H3/t15?,19-,20?,21+,25-;/m1./s1. The minimum absolute atomic E-state index is 0.00151. The lowest BCUT2D eigenvalue weighted by molar-refractivity contribution is -0.137. The number of hydrogen-bond acceptors (Lipinski definition) is 11. The van der Waals surface area contributed by atoms with Gasteiger partial charge in [0.05, 0.1) is 12.9 Å². The van der Waals surface area contributed by atoms with Crippen LogP contribution < -0.4 is 16.4 Å². The van der Waals surface area contributed by atoms with Gasteiger partial charge in [-0.1, -0.05) is 13.8 Å². The van der Waals surface area contributed by atoms with E-state index in [0.29, 0.717) is 61.9 Å². The molecule has 3 fully saturated rings. The number of imidazole rings is 1. The topological polar surface area (TPSA) is 207 Å². The summed E-state index contributed by atoms with van der Waals surface area (Å²) in [6.07, 6.45) is 0.477. The number of nitrogens with zero attached hydrogens (tertiary/aromatic N) is 5. The third kappa shape index (κ3) is 7.51. The molecule has 0 bridgehead atoms. The first-order valence-corrected chi connectivity index (χ1v) is 15.2. The zero-order chi connectivity index (χ0) is 31.1. The number of hydrogen-bond donors (Lipinski definition) is 5. The van der Waals surface area contributed by atoms with E-state index < -0.39 is 30.4 Å². The first-order chi connectivity index (χ1) is 20.7. The van der Waals surface area contributed by atoms with Gasteiger partial charge >= 0.3 is 6.09 Å². The second kappa shape index (κ2) is 14.8. The lowest BCUT2D eigenvalue weighted by atomic mass is 9.91. The Labute approximate surface area is 250 Å². The van der Waals surface area contributed by atoms with Gasteiger partial charge in [-0.05, 0) is 38.5 Å². The molecule has 0 saturated carbocycles. The number of carbonyl (C=O) groups excluding carboxylic acids is 3. The van der Waals surface area contributed by atoms with Crippen molar-refractivity contribution < 1.29 is 34.1 Å². The van der Waals surface area contributed by atoms with Crippen molar-refractivity contribution in [3.8, 4) is 0 Å². The molecule has 0 aromatic carbocycles. The summed E-state index contributed by atoms with van der Waals surface area (Å²) in [5.74, 6) is 0.704. The van der Waals surface area contributed by atoms with Crippen LogP contribution in [0.1, 0.15) is 64.9 Å². The molecule has 15 heteroatoms. The maximum atomic E-state index is 12.4. The van der Waals surface area contributed by atoms with Crippen LogP contribution in [-0.4, -0.2) is 104 Å². The number of nitrogen functional groups attached to an aromatic ring is 1. The maximum Gasteiger partial charge on any atom is 0.409 e. The van der Waals surface area contributed by atoms with Crippen molar-refractivity contribution in [2.45, 2.75) is 83.8 Å². The summed E-state index contributed by atoms with van der Waals surface area (Å²) in [4.78, 5) is 51.0. The second-order valence-corrected chi connectivity index (χ2v) is 10.9. The quantitative estimate of drug-likeness (QED) is 0.266. The summed E-state index contributed by atoms with van der Waals surface area (Å²) in [6, 6.07) is 0. The van der Waals surface area contributed by atoms with Crippen LogP contribution >= 0.6 is 0 Å². The van der Waals surface area contributed by atoms with E-state index in [0.717, 1.165) is 25.7 Å². The van der Waals surface area contributed by atoms with E-state index in [2.05, 4.69) is 25.6 Å². The molecule has 238 valence electrons. The molecule has 15 nitrogen and oxygen atoms in total. The normalized spacial score (nSPS) is 25.7. The van der Waals surface area contributed by atoms with E-state index in [4.69, 9.17) is 15.2 Å². The largest absolute Gasteiger partial charge is 0.449 e. The number of piperidine rings is 1. The number of amides is 3. The number of likely N-dealkylation sites (N-methyl/N-ethyl adjacent to an activating group) is 1. The summed E-state index contributed by atoms with van der Waals surface area (Å²) < 4.78 is 12.6. The Morgan fingerprint density at radius 1 is 1.19 bits per heavy atom. The fraction of sp³-hybridized carbons (Fsp3) is 0.714. The van der Waals surface area contributed by atoms with Gasteiger partial charge in [0, 0.05) is 44.9 Å². The van der Waals surface area contributed by atoms with Gasteiger partial charge in [-0.15, -0.1) is 0 Å². The van der Waals surface area contributed by atoms with Gasteiger partial charge in [-0.2, -0.15) is 0 Å². The van der Waals surface area contributed by atoms with Crippen molar-refractivity contribution in [2.24, 2.45) is 11.8 Å². The number of nitrogens with one attached hydrogen (secondary N) is 2. The Bertz CT molecular complexity index is 1270. The average Bonchev–Trinajstić information content (AvgIpc) is 3.70. The van der Waals surface area contributed by atoms with E-state index in [1.807, 2.05) is 13.8 Å². The summed E-state index contributed by atoms with van der Waals surface area (Å²) >= 11 is 0. The number of aliphatic hydroxyl groups is 2. The fourth-order valence-electron chi connectivity index (χ4n) is 5.68. The number of anilines is 1. The minimum Gasteiger partial charge on any atom is -0.449 e. The summed E-state index contributed by atoms with van der Waals surface area (Å²) in [7, 11) is 0. The number of ether oxygens (including phenoxy) is 2. The zero-order valence-corrected chi connectivity index (χ0v) is 25.1. The first kappa shape index (κ1) is 32.4. The molecule has 3 aliphatic rings. The van der Waals surface area contributed by atoms with Gasteiger partial charge in [-0.3, -0.25) is 14.2 Å². The predicted molar refractivity (Wildman–Crippen MR) is 155 cm³/mol. The predicted octanol–water partition coefficient (Wildman–Crippen LogP) is 0.497. The van der Waals surface area contributed by atoms with Gasteiger partial charge in [0.25, 0.3) is 5.91 Å². The van der Waals surface area contributed by atoms with Crippen LogP contribution in [-0.2, 0) is 25.5 Å². The summed E-state index contributed by atoms with van der Waals surface area (Å²) in [5.41, 5.74) is 6.86. The average molecular weight is 605 g/mol. The van der Waals surface area contributed by atoms with Crippen LogP contribution in [0.3, 0.4) is 0 Å². The van der Waals surface area contributed by atoms with E-state index in [9.17, 15) is 24.6 Å². The van der Waals surface area contributed by atoms with E-state index >= 15 is 0 Å². The number of aryl methyl sites for hydroxylation is 1. The molecule has 6 N–H and O–H groups in total. The molecule has 3 saturated heterocycles. The van der Waals surface area contributed by atoms with Crippen molar-refractivity contribution >= 4 is 34.9 Å². The van der Waals surface area contributed by atoms with Crippen LogP contribution in [0.5, 0.6) is 0 Å². The highest BCUT2D eigenvalue weighted by Gasteiger charge is 2.47. The van der Waals surface area contributed by atoms with Crippen LogP contribution in [0.2, 0.25) is 0 Å². The lowest BCUT2D eigenvalue weighted by Crippen LogP contribution is -2.42. The highest BCUT2D eigenvalue weighted by Crippen LogP contribution is 2.32. The van der Waals surface area contributed by atoms with Gasteiger partial charge in [0.1, 0.15) is 23.5 Å². The van der Waals surface area contributed by atoms with Crippen molar-refractivity contribution in [2.75, 3.05) is 38.5 Å². The number of aromatic nitrogens is 4. The van der Waals surface area contributed by atoms with Gasteiger partial charge in [0.15, 0.2) is 23.8 Å². The molecule has 43 heavy (non-hydrogen) atoms. The molecule has 5 rings (SSSR count). The van der Waals surface area contributed by atoms with E-state index in [-0.39, 0.29) is 30.3 Å². The van der Waals surface area contributed by atoms with Crippen molar-refractivity contribution in [1.29, 1.82) is 0 Å². The Kier molecular flexibility index (Phi) is 11.1. The fourth-order valence-corrected chi connectivity index (χ4v) is 5.68. The summed E-state index contributed by atoms with van der Waals surface area (Å²) in [6.45, 7) is 8.18. The van der Waals surface area contributed by atoms with E-state index in [1.165, 1.54) is 10.9 Å². The molecule has 0 aliphatic carbocycles. The van der Waals surface area contributed by atoms with Crippen LogP contribution in [0.25, 0.3) is 11.2 Å². The lowest BCUT2D eigenvalue weighted by Gasteiger charge is -2.31. The summed E-state index contributed by atoms with van der Waals surface area (Å²) in [5, 5.41) is 26.4. The third-order valence-corrected chi connectivity index (χ3v) is 8.01. The SMILES string of the molecule is CC.CCNC(=O)[C@H]1O[C@@H](n2cnc3c(N)nc(CCCC4CCN(C(=O)OCC5CNC(=O)C5)CC4)nc32)C(O)[C@H]1O. The Morgan fingerprint density at radius 2 is 1.93 bits per heavy atom. The number of likely N-dealkylation sites (tertiary alicyclic amines) is 1. The molecule has 3 aliphatic heterocycles. The smallest absolute Gasteiger partial charge is 0.409 e. The number of aliphatic hydroxyl groups excluding tert-OH is 2.